The molecule has 2 heterocycles. The van der Waals surface area contributed by atoms with Crippen molar-refractivity contribution in [3.05, 3.63) is 46.7 Å². The second-order valence-corrected chi connectivity index (χ2v) is 7.51. The van der Waals surface area contributed by atoms with Gasteiger partial charge in [-0.15, -0.1) is 0 Å². The molecule has 2 aliphatic rings. The number of carboxylic acid groups (broad SMARTS) is 1. The second-order valence-electron chi connectivity index (χ2n) is 7.10. The van der Waals surface area contributed by atoms with Crippen LogP contribution in [0, 0.1) is 18.8 Å². The Morgan fingerprint density at radius 1 is 1.27 bits per heavy atom. The first-order valence-electron chi connectivity index (χ1n) is 8.82. The highest BCUT2D eigenvalue weighted by molar-refractivity contribution is 6.32. The predicted octanol–water partition coefficient (Wildman–Crippen LogP) is 3.16. The minimum atomic E-state index is -0.913. The highest BCUT2D eigenvalue weighted by Crippen LogP contribution is 2.43. The van der Waals surface area contributed by atoms with Gasteiger partial charge in [0, 0.05) is 6.54 Å². The SMILES string of the molecule is Cc1c(C(=O)N2CC3CCCC3C2C(=O)O)cnn1-c1ccccc1Cl. The van der Waals surface area contributed by atoms with Gasteiger partial charge in [-0.25, -0.2) is 9.48 Å². The van der Waals surface area contributed by atoms with Crippen LogP contribution in [0.25, 0.3) is 5.69 Å². The van der Waals surface area contributed by atoms with Gasteiger partial charge >= 0.3 is 5.97 Å². The van der Waals surface area contributed by atoms with E-state index in [2.05, 4.69) is 5.10 Å². The summed E-state index contributed by atoms with van der Waals surface area (Å²) in [7, 11) is 0. The number of carboxylic acids is 1. The summed E-state index contributed by atoms with van der Waals surface area (Å²) in [5.74, 6) is -0.819. The number of hydrogen-bond donors (Lipinski definition) is 1. The van der Waals surface area contributed by atoms with Crippen LogP contribution in [-0.2, 0) is 4.79 Å². The number of fused-ring (bicyclic) bond motifs is 1. The van der Waals surface area contributed by atoms with Crippen molar-refractivity contribution in [1.82, 2.24) is 14.7 Å². The molecule has 2 fully saturated rings. The van der Waals surface area contributed by atoms with Crippen molar-refractivity contribution in [3.63, 3.8) is 0 Å². The quantitative estimate of drug-likeness (QED) is 0.896. The molecule has 1 aliphatic heterocycles. The summed E-state index contributed by atoms with van der Waals surface area (Å²) in [6, 6.07) is 6.54. The van der Waals surface area contributed by atoms with E-state index >= 15 is 0 Å². The number of carbonyl (C=O) groups excluding carboxylic acids is 1. The lowest BCUT2D eigenvalue weighted by Gasteiger charge is -2.24. The fraction of sp³-hybridized carbons (Fsp3) is 0.421. The molecule has 1 aromatic heterocycles. The second kappa shape index (κ2) is 6.43. The number of rotatable bonds is 3. The van der Waals surface area contributed by atoms with Crippen molar-refractivity contribution in [1.29, 1.82) is 0 Å². The minimum absolute atomic E-state index is 0.0652. The highest BCUT2D eigenvalue weighted by Gasteiger charge is 2.50. The number of halogens is 1. The monoisotopic (exact) mass is 373 g/mol. The molecule has 7 heteroatoms. The van der Waals surface area contributed by atoms with Crippen molar-refractivity contribution in [2.24, 2.45) is 11.8 Å². The third kappa shape index (κ3) is 2.60. The van der Waals surface area contributed by atoms with E-state index in [-0.39, 0.29) is 11.8 Å². The first-order chi connectivity index (χ1) is 12.5. The molecule has 0 bridgehead atoms. The topological polar surface area (TPSA) is 75.4 Å². The molecule has 136 valence electrons. The summed E-state index contributed by atoms with van der Waals surface area (Å²) in [5.41, 5.74) is 1.78. The zero-order chi connectivity index (χ0) is 18.4. The molecular formula is C19H20ClN3O3. The number of hydrogen-bond acceptors (Lipinski definition) is 3. The molecule has 3 atom stereocenters. The number of aromatic nitrogens is 2. The van der Waals surface area contributed by atoms with E-state index < -0.39 is 12.0 Å². The molecule has 0 radical (unpaired) electrons. The zero-order valence-electron chi connectivity index (χ0n) is 14.4. The number of nitrogens with zero attached hydrogens (tertiary/aromatic N) is 3. The molecule has 4 rings (SSSR count). The fourth-order valence-electron chi connectivity index (χ4n) is 4.47. The van der Waals surface area contributed by atoms with Crippen LogP contribution in [0.5, 0.6) is 0 Å². The van der Waals surface area contributed by atoms with Gasteiger partial charge in [-0.1, -0.05) is 30.2 Å². The summed E-state index contributed by atoms with van der Waals surface area (Å²) < 4.78 is 1.63. The van der Waals surface area contributed by atoms with Crippen LogP contribution in [0.1, 0.15) is 35.3 Å². The van der Waals surface area contributed by atoms with Crippen molar-refractivity contribution < 1.29 is 14.7 Å². The number of aliphatic carboxylic acids is 1. The molecule has 6 nitrogen and oxygen atoms in total. The Labute approximate surface area is 156 Å². The molecule has 3 unspecified atom stereocenters. The van der Waals surface area contributed by atoms with Gasteiger partial charge in [-0.3, -0.25) is 4.79 Å². The lowest BCUT2D eigenvalue weighted by molar-refractivity contribution is -0.142. The lowest BCUT2D eigenvalue weighted by Crippen LogP contribution is -2.43. The number of para-hydroxylation sites is 1. The van der Waals surface area contributed by atoms with Crippen LogP contribution >= 0.6 is 11.6 Å². The molecule has 1 N–H and O–H groups in total. The number of amides is 1. The van der Waals surface area contributed by atoms with E-state index in [1.165, 1.54) is 11.1 Å². The molecule has 1 saturated heterocycles. The standard InChI is InChI=1S/C19H20ClN3O3/c1-11-14(9-21-23(11)16-8-3-2-7-15(16)20)18(24)22-10-12-5-4-6-13(12)17(22)19(25)26/h2-3,7-9,12-13,17H,4-6,10H2,1H3,(H,25,26). The summed E-state index contributed by atoms with van der Waals surface area (Å²) in [5, 5.41) is 14.5. The Hall–Kier alpha value is -2.34. The van der Waals surface area contributed by atoms with Gasteiger partial charge in [0.25, 0.3) is 5.91 Å². The van der Waals surface area contributed by atoms with Gasteiger partial charge in [0.05, 0.1) is 28.2 Å². The van der Waals surface area contributed by atoms with Crippen LogP contribution in [0.4, 0.5) is 0 Å². The Bertz CT molecular complexity index is 879. The first kappa shape index (κ1) is 17.1. The molecule has 26 heavy (non-hydrogen) atoms. The van der Waals surface area contributed by atoms with E-state index in [0.29, 0.717) is 34.4 Å². The lowest BCUT2D eigenvalue weighted by atomic mass is 9.94. The summed E-state index contributed by atoms with van der Waals surface area (Å²) in [6.45, 7) is 2.31. The van der Waals surface area contributed by atoms with Gasteiger partial charge in [-0.2, -0.15) is 5.10 Å². The van der Waals surface area contributed by atoms with Gasteiger partial charge in [-0.05, 0) is 43.7 Å². The minimum Gasteiger partial charge on any atom is -0.480 e. The Balaban J connectivity index is 1.67. The Kier molecular flexibility index (Phi) is 4.23. The van der Waals surface area contributed by atoms with Gasteiger partial charge in [0.2, 0.25) is 0 Å². The van der Waals surface area contributed by atoms with Crippen molar-refractivity contribution in [3.8, 4) is 5.69 Å². The van der Waals surface area contributed by atoms with Gasteiger partial charge in [0.15, 0.2) is 0 Å². The summed E-state index contributed by atoms with van der Waals surface area (Å²) in [4.78, 5) is 26.5. The van der Waals surface area contributed by atoms with E-state index in [1.54, 1.807) is 17.7 Å². The maximum absolute atomic E-state index is 13.1. The summed E-state index contributed by atoms with van der Waals surface area (Å²) in [6.07, 6.45) is 4.43. The molecule has 1 aromatic carbocycles. The molecule has 1 aliphatic carbocycles. The van der Waals surface area contributed by atoms with Gasteiger partial charge in [0.1, 0.15) is 6.04 Å². The van der Waals surface area contributed by atoms with E-state index in [9.17, 15) is 14.7 Å². The molecule has 1 amide bonds. The maximum Gasteiger partial charge on any atom is 0.326 e. The van der Waals surface area contributed by atoms with Crippen molar-refractivity contribution in [2.45, 2.75) is 32.2 Å². The van der Waals surface area contributed by atoms with Crippen LogP contribution in [0.3, 0.4) is 0 Å². The Morgan fingerprint density at radius 2 is 2.04 bits per heavy atom. The largest absolute Gasteiger partial charge is 0.480 e. The molecular weight excluding hydrogens is 354 g/mol. The number of carbonyl (C=O) groups is 2. The number of likely N-dealkylation sites (tertiary alicyclic amines) is 1. The van der Waals surface area contributed by atoms with Crippen molar-refractivity contribution >= 4 is 23.5 Å². The number of benzene rings is 1. The first-order valence-corrected chi connectivity index (χ1v) is 9.20. The van der Waals surface area contributed by atoms with E-state index in [1.807, 2.05) is 18.2 Å². The van der Waals surface area contributed by atoms with Crippen LogP contribution in [0.15, 0.2) is 30.5 Å². The smallest absolute Gasteiger partial charge is 0.326 e. The van der Waals surface area contributed by atoms with Crippen molar-refractivity contribution in [2.75, 3.05) is 6.54 Å². The summed E-state index contributed by atoms with van der Waals surface area (Å²) >= 11 is 6.24. The third-order valence-corrected chi connectivity index (χ3v) is 6.04. The van der Waals surface area contributed by atoms with E-state index in [4.69, 9.17) is 11.6 Å². The average Bonchev–Trinajstić information content (AvgIpc) is 3.28. The fourth-order valence-corrected chi connectivity index (χ4v) is 4.69. The zero-order valence-corrected chi connectivity index (χ0v) is 15.2. The maximum atomic E-state index is 13.1. The molecule has 2 aromatic rings. The van der Waals surface area contributed by atoms with E-state index in [0.717, 1.165) is 19.3 Å². The molecule has 0 spiro atoms. The highest BCUT2D eigenvalue weighted by atomic mass is 35.5. The van der Waals surface area contributed by atoms with Crippen LogP contribution in [-0.4, -0.2) is 44.3 Å². The van der Waals surface area contributed by atoms with Crippen LogP contribution in [0.2, 0.25) is 5.02 Å². The molecule has 1 saturated carbocycles. The predicted molar refractivity (Wildman–Crippen MR) is 96.6 cm³/mol. The normalized spacial score (nSPS) is 24.7. The average molecular weight is 374 g/mol. The third-order valence-electron chi connectivity index (χ3n) is 5.73. The van der Waals surface area contributed by atoms with Crippen LogP contribution < -0.4 is 0 Å². The van der Waals surface area contributed by atoms with Gasteiger partial charge < -0.3 is 10.0 Å². The Morgan fingerprint density at radius 3 is 2.77 bits per heavy atom.